The van der Waals surface area contributed by atoms with Crippen LogP contribution < -0.4 is 18.9 Å². The molecule has 0 unspecified atom stereocenters. The van der Waals surface area contributed by atoms with Crippen molar-refractivity contribution in [3.63, 3.8) is 0 Å². The summed E-state index contributed by atoms with van der Waals surface area (Å²) >= 11 is 0. The number of benzene rings is 2. The Kier molecular flexibility index (Phi) is 6.50. The van der Waals surface area contributed by atoms with Gasteiger partial charge in [-0.05, 0) is 61.7 Å². The molecule has 1 N–H and O–H groups in total. The van der Waals surface area contributed by atoms with Gasteiger partial charge in [0.05, 0.1) is 25.7 Å². The van der Waals surface area contributed by atoms with E-state index in [2.05, 4.69) is 4.72 Å². The van der Waals surface area contributed by atoms with E-state index in [0.717, 1.165) is 11.1 Å². The van der Waals surface area contributed by atoms with E-state index in [0.29, 0.717) is 29.4 Å². The highest BCUT2D eigenvalue weighted by atomic mass is 32.2. The largest absolute Gasteiger partial charge is 0.496 e. The fraction of sp³-hybridized carbons (Fsp3) is 0.368. The first kappa shape index (κ1) is 20.1. The van der Waals surface area contributed by atoms with Crippen molar-refractivity contribution in [3.05, 3.63) is 47.0 Å². The Morgan fingerprint density at radius 1 is 0.923 bits per heavy atom. The maximum atomic E-state index is 12.7. The third kappa shape index (κ3) is 4.47. The summed E-state index contributed by atoms with van der Waals surface area (Å²) in [7, 11) is -0.527. The maximum Gasteiger partial charge on any atom is 0.241 e. The second-order valence-corrected chi connectivity index (χ2v) is 7.57. The van der Waals surface area contributed by atoms with Crippen molar-refractivity contribution >= 4 is 10.0 Å². The normalized spacial score (nSPS) is 11.3. The van der Waals surface area contributed by atoms with Gasteiger partial charge in [-0.1, -0.05) is 6.07 Å². The molecule has 0 heterocycles. The minimum Gasteiger partial charge on any atom is -0.496 e. The highest BCUT2D eigenvalue weighted by Gasteiger charge is 2.19. The molecule has 0 aliphatic rings. The summed E-state index contributed by atoms with van der Waals surface area (Å²) in [5.74, 6) is 1.86. The first-order valence-electron chi connectivity index (χ1n) is 8.27. The van der Waals surface area contributed by atoms with E-state index in [-0.39, 0.29) is 11.4 Å². The fourth-order valence-corrected chi connectivity index (χ4v) is 3.96. The zero-order valence-electron chi connectivity index (χ0n) is 15.8. The Balaban J connectivity index is 2.23. The predicted molar refractivity (Wildman–Crippen MR) is 101 cm³/mol. The van der Waals surface area contributed by atoms with Gasteiger partial charge >= 0.3 is 0 Å². The van der Waals surface area contributed by atoms with Crippen molar-refractivity contribution in [2.45, 2.75) is 32.2 Å². The van der Waals surface area contributed by atoms with Crippen LogP contribution in [0.5, 0.6) is 17.2 Å². The molecule has 26 heavy (non-hydrogen) atoms. The summed E-state index contributed by atoms with van der Waals surface area (Å²) in [5, 5.41) is 0. The van der Waals surface area contributed by atoms with Gasteiger partial charge < -0.3 is 14.2 Å². The molecule has 142 valence electrons. The molecule has 7 heteroatoms. The summed E-state index contributed by atoms with van der Waals surface area (Å²) in [6, 6.07) is 8.69. The van der Waals surface area contributed by atoms with Crippen LogP contribution in [0.2, 0.25) is 0 Å². The molecule has 0 amide bonds. The Morgan fingerprint density at radius 2 is 1.62 bits per heavy atom. The highest BCUT2D eigenvalue weighted by Crippen LogP contribution is 2.29. The molecule has 6 nitrogen and oxygen atoms in total. The van der Waals surface area contributed by atoms with E-state index >= 15 is 0 Å². The third-order valence-electron chi connectivity index (χ3n) is 3.98. The van der Waals surface area contributed by atoms with E-state index in [1.807, 2.05) is 13.8 Å². The quantitative estimate of drug-likeness (QED) is 0.762. The van der Waals surface area contributed by atoms with Crippen LogP contribution in [0.3, 0.4) is 0 Å². The molecular formula is C19H25NO5S. The molecule has 0 saturated carbocycles. The monoisotopic (exact) mass is 379 g/mol. The van der Waals surface area contributed by atoms with Gasteiger partial charge in [-0.3, -0.25) is 0 Å². The van der Waals surface area contributed by atoms with Gasteiger partial charge in [-0.2, -0.15) is 0 Å². The van der Waals surface area contributed by atoms with Gasteiger partial charge in [-0.25, -0.2) is 13.1 Å². The van der Waals surface area contributed by atoms with E-state index in [4.69, 9.17) is 14.2 Å². The van der Waals surface area contributed by atoms with Crippen molar-refractivity contribution in [2.75, 3.05) is 20.8 Å². The van der Waals surface area contributed by atoms with Crippen LogP contribution in [0, 0.1) is 13.8 Å². The molecule has 0 bridgehead atoms. The average molecular weight is 379 g/mol. The average Bonchev–Trinajstić information content (AvgIpc) is 2.62. The van der Waals surface area contributed by atoms with Crippen LogP contribution in [-0.2, 0) is 16.6 Å². The van der Waals surface area contributed by atoms with Gasteiger partial charge in [0.15, 0.2) is 11.5 Å². The topological polar surface area (TPSA) is 73.9 Å². The SMILES string of the molecule is CCOc1cc(CNS(=O)(=O)c2cc(C)c(OC)cc2C)ccc1OC. The standard InChI is InChI=1S/C19H25NO5S/c1-6-25-18-11-15(7-8-16(18)23-4)12-20-26(21,22)19-10-13(2)17(24-5)9-14(19)3/h7-11,20H,6,12H2,1-5H3. The number of ether oxygens (including phenoxy) is 3. The number of hydrogen-bond acceptors (Lipinski definition) is 5. The van der Waals surface area contributed by atoms with E-state index in [1.165, 1.54) is 0 Å². The smallest absolute Gasteiger partial charge is 0.241 e. The third-order valence-corrected chi connectivity index (χ3v) is 5.52. The second kappa shape index (κ2) is 8.42. The van der Waals surface area contributed by atoms with Gasteiger partial charge in [0.1, 0.15) is 5.75 Å². The molecule has 0 saturated heterocycles. The molecule has 2 aromatic rings. The van der Waals surface area contributed by atoms with Gasteiger partial charge in [-0.15, -0.1) is 0 Å². The van der Waals surface area contributed by atoms with Crippen molar-refractivity contribution in [1.29, 1.82) is 0 Å². The molecule has 0 aliphatic carbocycles. The van der Waals surface area contributed by atoms with Crippen LogP contribution >= 0.6 is 0 Å². The lowest BCUT2D eigenvalue weighted by Gasteiger charge is -2.14. The molecule has 0 spiro atoms. The van der Waals surface area contributed by atoms with Crippen LogP contribution in [0.15, 0.2) is 35.2 Å². The number of nitrogens with one attached hydrogen (secondary N) is 1. The van der Waals surface area contributed by atoms with Crippen molar-refractivity contribution in [1.82, 2.24) is 4.72 Å². The number of rotatable bonds is 8. The number of methoxy groups -OCH3 is 2. The Morgan fingerprint density at radius 3 is 2.23 bits per heavy atom. The molecule has 2 aromatic carbocycles. The molecule has 0 fully saturated rings. The van der Waals surface area contributed by atoms with Gasteiger partial charge in [0, 0.05) is 6.54 Å². The first-order valence-corrected chi connectivity index (χ1v) is 9.75. The summed E-state index contributed by atoms with van der Waals surface area (Å²) in [6.07, 6.45) is 0. The summed E-state index contributed by atoms with van der Waals surface area (Å²) in [4.78, 5) is 0.245. The Bertz CT molecular complexity index is 878. The summed E-state index contributed by atoms with van der Waals surface area (Å²) in [6.45, 7) is 6.09. The minimum absolute atomic E-state index is 0.150. The van der Waals surface area contributed by atoms with Crippen molar-refractivity contribution in [2.24, 2.45) is 0 Å². The Hall–Kier alpha value is -2.25. The van der Waals surface area contributed by atoms with E-state index in [1.54, 1.807) is 51.5 Å². The second-order valence-electron chi connectivity index (χ2n) is 5.83. The minimum atomic E-state index is -3.66. The lowest BCUT2D eigenvalue weighted by atomic mass is 10.1. The zero-order chi connectivity index (χ0) is 19.3. The van der Waals surface area contributed by atoms with Crippen molar-refractivity contribution in [3.8, 4) is 17.2 Å². The molecule has 0 atom stereocenters. The molecule has 0 aromatic heterocycles. The van der Waals surface area contributed by atoms with Gasteiger partial charge in [0.2, 0.25) is 10.0 Å². The number of sulfonamides is 1. The predicted octanol–water partition coefficient (Wildman–Crippen LogP) is 3.20. The fourth-order valence-electron chi connectivity index (χ4n) is 2.63. The number of aryl methyl sites for hydroxylation is 2. The summed E-state index contributed by atoms with van der Waals surface area (Å²) < 4.78 is 44.1. The summed E-state index contributed by atoms with van der Waals surface area (Å²) in [5.41, 5.74) is 2.17. The van der Waals surface area contributed by atoms with Crippen molar-refractivity contribution < 1.29 is 22.6 Å². The molecular weight excluding hydrogens is 354 g/mol. The van der Waals surface area contributed by atoms with Gasteiger partial charge in [0.25, 0.3) is 0 Å². The maximum absolute atomic E-state index is 12.7. The van der Waals surface area contributed by atoms with Crippen LogP contribution in [0.25, 0.3) is 0 Å². The lowest BCUT2D eigenvalue weighted by Crippen LogP contribution is -2.24. The lowest BCUT2D eigenvalue weighted by molar-refractivity contribution is 0.310. The van der Waals surface area contributed by atoms with E-state index < -0.39 is 10.0 Å². The Labute approximate surface area is 155 Å². The molecule has 2 rings (SSSR count). The zero-order valence-corrected chi connectivity index (χ0v) is 16.6. The van der Waals surface area contributed by atoms with Crippen LogP contribution in [-0.4, -0.2) is 29.2 Å². The highest BCUT2D eigenvalue weighted by molar-refractivity contribution is 7.89. The van der Waals surface area contributed by atoms with Crippen LogP contribution in [0.1, 0.15) is 23.6 Å². The molecule has 0 radical (unpaired) electrons. The van der Waals surface area contributed by atoms with Crippen LogP contribution in [0.4, 0.5) is 0 Å². The van der Waals surface area contributed by atoms with E-state index in [9.17, 15) is 8.42 Å². The first-order chi connectivity index (χ1) is 12.3. The molecule has 0 aliphatic heterocycles. The number of hydrogen-bond donors (Lipinski definition) is 1.